The van der Waals surface area contributed by atoms with E-state index < -0.39 is 0 Å². The summed E-state index contributed by atoms with van der Waals surface area (Å²) in [6.07, 6.45) is 1.44. The standard InChI is InChI=1S/C26H28FN3O3/c1-4-33-26(32)20-6-5-13-29(16-20)25(31)24-15-22(19-8-10-21(27)11-9-19)28-30(24)23-12-7-17(2)14-18(23)3/h7-12,14-15,20H,4-6,13,16H2,1-3H3. The number of carbonyl (C=O) groups is 2. The lowest BCUT2D eigenvalue weighted by Gasteiger charge is -2.31. The number of amides is 1. The highest BCUT2D eigenvalue weighted by Gasteiger charge is 2.32. The number of aryl methyl sites for hydroxylation is 2. The fourth-order valence-electron chi connectivity index (χ4n) is 4.30. The summed E-state index contributed by atoms with van der Waals surface area (Å²) in [4.78, 5) is 27.6. The first kappa shape index (κ1) is 22.7. The molecule has 1 amide bonds. The van der Waals surface area contributed by atoms with Gasteiger partial charge < -0.3 is 9.64 Å². The van der Waals surface area contributed by atoms with E-state index in [2.05, 4.69) is 0 Å². The van der Waals surface area contributed by atoms with Gasteiger partial charge in [-0.2, -0.15) is 5.10 Å². The van der Waals surface area contributed by atoms with Crippen LogP contribution >= 0.6 is 0 Å². The highest BCUT2D eigenvalue weighted by atomic mass is 19.1. The summed E-state index contributed by atoms with van der Waals surface area (Å²) in [7, 11) is 0. The smallest absolute Gasteiger partial charge is 0.310 e. The number of aromatic nitrogens is 2. The lowest BCUT2D eigenvalue weighted by atomic mass is 9.98. The van der Waals surface area contributed by atoms with Crippen molar-refractivity contribution in [2.75, 3.05) is 19.7 Å². The maximum absolute atomic E-state index is 13.6. The molecule has 1 aliphatic heterocycles. The Morgan fingerprint density at radius 2 is 1.88 bits per heavy atom. The number of halogens is 1. The summed E-state index contributed by atoms with van der Waals surface area (Å²) in [6, 6.07) is 13.8. The molecule has 0 bridgehead atoms. The molecule has 1 fully saturated rings. The van der Waals surface area contributed by atoms with Crippen LogP contribution in [0.15, 0.2) is 48.5 Å². The lowest BCUT2D eigenvalue weighted by molar-refractivity contribution is -0.149. The molecule has 0 saturated carbocycles. The van der Waals surface area contributed by atoms with Crippen molar-refractivity contribution in [3.63, 3.8) is 0 Å². The van der Waals surface area contributed by atoms with E-state index in [1.807, 2.05) is 32.0 Å². The molecule has 6 nitrogen and oxygen atoms in total. The molecule has 1 aromatic heterocycles. The van der Waals surface area contributed by atoms with Crippen molar-refractivity contribution < 1.29 is 18.7 Å². The SMILES string of the molecule is CCOC(=O)C1CCCN(C(=O)c2cc(-c3ccc(F)cc3)nn2-c2ccc(C)cc2C)C1. The number of nitrogens with zero attached hydrogens (tertiary/aromatic N) is 3. The molecule has 1 aliphatic rings. The monoisotopic (exact) mass is 449 g/mol. The van der Waals surface area contributed by atoms with Gasteiger partial charge >= 0.3 is 5.97 Å². The van der Waals surface area contributed by atoms with E-state index in [1.165, 1.54) is 12.1 Å². The van der Waals surface area contributed by atoms with E-state index >= 15 is 0 Å². The molecular formula is C26H28FN3O3. The normalized spacial score (nSPS) is 16.0. The first-order valence-electron chi connectivity index (χ1n) is 11.3. The van der Waals surface area contributed by atoms with Crippen LogP contribution in [0.2, 0.25) is 0 Å². The zero-order valence-electron chi connectivity index (χ0n) is 19.2. The van der Waals surface area contributed by atoms with Crippen molar-refractivity contribution in [3.8, 4) is 16.9 Å². The first-order chi connectivity index (χ1) is 15.9. The first-order valence-corrected chi connectivity index (χ1v) is 11.3. The summed E-state index contributed by atoms with van der Waals surface area (Å²) in [6.45, 7) is 6.99. The molecule has 7 heteroatoms. The fourth-order valence-corrected chi connectivity index (χ4v) is 4.30. The maximum atomic E-state index is 13.6. The Balaban J connectivity index is 1.73. The molecule has 1 unspecified atom stereocenters. The van der Waals surface area contributed by atoms with Crippen LogP contribution in [0.3, 0.4) is 0 Å². The minimum atomic E-state index is -0.331. The van der Waals surface area contributed by atoms with Crippen LogP contribution in [0.1, 0.15) is 41.4 Å². The molecule has 2 heterocycles. The molecule has 2 aromatic carbocycles. The van der Waals surface area contributed by atoms with Crippen molar-refractivity contribution in [1.29, 1.82) is 0 Å². The van der Waals surface area contributed by atoms with Gasteiger partial charge in [0, 0.05) is 18.7 Å². The Morgan fingerprint density at radius 1 is 1.12 bits per heavy atom. The van der Waals surface area contributed by atoms with Crippen LogP contribution in [-0.2, 0) is 9.53 Å². The second kappa shape index (κ2) is 9.57. The Bertz CT molecular complexity index is 1170. The zero-order chi connectivity index (χ0) is 23.5. The van der Waals surface area contributed by atoms with E-state index in [9.17, 15) is 14.0 Å². The molecule has 0 spiro atoms. The third-order valence-electron chi connectivity index (χ3n) is 5.98. The van der Waals surface area contributed by atoms with Crippen molar-refractivity contribution in [2.45, 2.75) is 33.6 Å². The topological polar surface area (TPSA) is 64.4 Å². The number of ether oxygens (including phenoxy) is 1. The van der Waals surface area contributed by atoms with Gasteiger partial charge in [0.1, 0.15) is 11.5 Å². The van der Waals surface area contributed by atoms with E-state index in [-0.39, 0.29) is 23.6 Å². The molecule has 3 aromatic rings. The average molecular weight is 450 g/mol. The van der Waals surface area contributed by atoms with E-state index in [0.717, 1.165) is 28.8 Å². The van der Waals surface area contributed by atoms with Crippen LogP contribution in [0.4, 0.5) is 4.39 Å². The molecule has 33 heavy (non-hydrogen) atoms. The third-order valence-corrected chi connectivity index (χ3v) is 5.98. The zero-order valence-corrected chi connectivity index (χ0v) is 19.2. The third kappa shape index (κ3) is 4.82. The van der Waals surface area contributed by atoms with Crippen LogP contribution in [0.5, 0.6) is 0 Å². The number of piperidine rings is 1. The van der Waals surface area contributed by atoms with Gasteiger partial charge in [-0.1, -0.05) is 17.7 Å². The van der Waals surface area contributed by atoms with Gasteiger partial charge in [-0.15, -0.1) is 0 Å². The molecule has 0 N–H and O–H groups in total. The number of rotatable bonds is 5. The van der Waals surface area contributed by atoms with Crippen molar-refractivity contribution in [2.24, 2.45) is 5.92 Å². The molecule has 172 valence electrons. The number of hydrogen-bond acceptors (Lipinski definition) is 4. The molecule has 4 rings (SSSR count). The molecule has 1 atom stereocenters. The summed E-state index contributed by atoms with van der Waals surface area (Å²) in [5.41, 5.74) is 4.61. The maximum Gasteiger partial charge on any atom is 0.310 e. The summed E-state index contributed by atoms with van der Waals surface area (Å²) in [5, 5.41) is 4.73. The molecule has 1 saturated heterocycles. The van der Waals surface area contributed by atoms with Gasteiger partial charge in [-0.25, -0.2) is 9.07 Å². The quantitative estimate of drug-likeness (QED) is 0.529. The minimum absolute atomic E-state index is 0.190. The number of benzene rings is 2. The predicted octanol–water partition coefficient (Wildman–Crippen LogP) is 4.71. The number of carbonyl (C=O) groups excluding carboxylic acids is 2. The van der Waals surface area contributed by atoms with Crippen LogP contribution < -0.4 is 0 Å². The van der Waals surface area contributed by atoms with Gasteiger partial charge in [0.15, 0.2) is 0 Å². The van der Waals surface area contributed by atoms with Gasteiger partial charge in [-0.3, -0.25) is 9.59 Å². The summed E-state index contributed by atoms with van der Waals surface area (Å²) >= 11 is 0. The van der Waals surface area contributed by atoms with Crippen molar-refractivity contribution in [1.82, 2.24) is 14.7 Å². The van der Waals surface area contributed by atoms with Crippen LogP contribution in [0, 0.1) is 25.6 Å². The predicted molar refractivity (Wildman–Crippen MR) is 124 cm³/mol. The Hall–Kier alpha value is -3.48. The highest BCUT2D eigenvalue weighted by Crippen LogP contribution is 2.27. The van der Waals surface area contributed by atoms with E-state index in [0.29, 0.717) is 37.5 Å². The second-order valence-corrected chi connectivity index (χ2v) is 8.47. The van der Waals surface area contributed by atoms with E-state index in [4.69, 9.17) is 9.84 Å². The summed E-state index contributed by atoms with van der Waals surface area (Å²) in [5.74, 6) is -1.10. The van der Waals surface area contributed by atoms with E-state index in [1.54, 1.807) is 34.7 Å². The Kier molecular flexibility index (Phi) is 6.58. The van der Waals surface area contributed by atoms with Gasteiger partial charge in [0.2, 0.25) is 0 Å². The Labute approximate surface area is 193 Å². The van der Waals surface area contributed by atoms with Crippen molar-refractivity contribution in [3.05, 3.63) is 71.2 Å². The average Bonchev–Trinajstić information content (AvgIpc) is 3.24. The van der Waals surface area contributed by atoms with Crippen LogP contribution in [-0.4, -0.2) is 46.3 Å². The second-order valence-electron chi connectivity index (χ2n) is 8.47. The van der Waals surface area contributed by atoms with Gasteiger partial charge in [0.25, 0.3) is 5.91 Å². The van der Waals surface area contributed by atoms with Gasteiger partial charge in [0.05, 0.1) is 23.9 Å². The minimum Gasteiger partial charge on any atom is -0.466 e. The highest BCUT2D eigenvalue weighted by molar-refractivity contribution is 5.95. The largest absolute Gasteiger partial charge is 0.466 e. The molecular weight excluding hydrogens is 421 g/mol. The number of likely N-dealkylation sites (tertiary alicyclic amines) is 1. The fraction of sp³-hybridized carbons (Fsp3) is 0.346. The lowest BCUT2D eigenvalue weighted by Crippen LogP contribution is -2.43. The Morgan fingerprint density at radius 3 is 2.58 bits per heavy atom. The molecule has 0 aliphatic carbocycles. The van der Waals surface area contributed by atoms with Gasteiger partial charge in [-0.05, 0) is 75.6 Å². The van der Waals surface area contributed by atoms with Crippen molar-refractivity contribution >= 4 is 11.9 Å². The van der Waals surface area contributed by atoms with Crippen LogP contribution in [0.25, 0.3) is 16.9 Å². The number of esters is 1. The summed E-state index contributed by atoms with van der Waals surface area (Å²) < 4.78 is 20.3. The molecule has 0 radical (unpaired) electrons. The number of hydrogen-bond donors (Lipinski definition) is 0.